The second-order valence-electron chi connectivity index (χ2n) is 4.10. The van der Waals surface area contributed by atoms with E-state index in [0.29, 0.717) is 26.5 Å². The summed E-state index contributed by atoms with van der Waals surface area (Å²) in [5.74, 6) is 0. The minimum absolute atomic E-state index is 0.417. The van der Waals surface area contributed by atoms with Gasteiger partial charge in [0.05, 0.1) is 38.7 Å². The van der Waals surface area contributed by atoms with Crippen LogP contribution in [-0.2, 0) is 6.54 Å². The van der Waals surface area contributed by atoms with Gasteiger partial charge < -0.3 is 5.73 Å². The van der Waals surface area contributed by atoms with Gasteiger partial charge >= 0.3 is 0 Å². The standard InChI is InChI=1S/C12H13Cl3N4/c1-2-3-19-12(9(15)6-18-19)10(16)11-8(14)4-7(13)5-17-11/h4-6,10H,2-3,16H2,1H3. The lowest BCUT2D eigenvalue weighted by atomic mass is 10.1. The minimum Gasteiger partial charge on any atom is -0.318 e. The van der Waals surface area contributed by atoms with Crippen molar-refractivity contribution in [1.82, 2.24) is 14.8 Å². The summed E-state index contributed by atoms with van der Waals surface area (Å²) in [6.45, 7) is 2.79. The normalized spacial score (nSPS) is 12.7. The maximum absolute atomic E-state index is 6.21. The Balaban J connectivity index is 2.43. The number of nitrogens with two attached hydrogens (primary N) is 1. The Bertz CT molecular complexity index is 582. The number of hydrogen-bond donors (Lipinski definition) is 1. The smallest absolute Gasteiger partial charge is 0.0927 e. The molecule has 0 amide bonds. The Kier molecular flexibility index (Phi) is 4.68. The van der Waals surface area contributed by atoms with Crippen LogP contribution >= 0.6 is 34.8 Å². The Morgan fingerprint density at radius 2 is 2.00 bits per heavy atom. The second-order valence-corrected chi connectivity index (χ2v) is 5.35. The molecule has 0 aromatic carbocycles. The topological polar surface area (TPSA) is 56.7 Å². The molecule has 0 aliphatic rings. The highest BCUT2D eigenvalue weighted by Gasteiger charge is 2.21. The predicted molar refractivity (Wildman–Crippen MR) is 77.8 cm³/mol. The minimum atomic E-state index is -0.536. The second kappa shape index (κ2) is 6.09. The lowest BCUT2D eigenvalue weighted by Crippen LogP contribution is -2.19. The zero-order valence-electron chi connectivity index (χ0n) is 10.3. The van der Waals surface area contributed by atoms with Crippen molar-refractivity contribution in [2.45, 2.75) is 25.9 Å². The molecule has 2 aromatic heterocycles. The highest BCUT2D eigenvalue weighted by molar-refractivity contribution is 6.35. The van der Waals surface area contributed by atoms with Gasteiger partial charge in [-0.25, -0.2) is 0 Å². The van der Waals surface area contributed by atoms with Gasteiger partial charge in [-0.1, -0.05) is 41.7 Å². The first-order chi connectivity index (χ1) is 9.04. The van der Waals surface area contributed by atoms with Gasteiger partial charge in [0.2, 0.25) is 0 Å². The van der Waals surface area contributed by atoms with E-state index in [1.807, 2.05) is 0 Å². The van der Waals surface area contributed by atoms with Crippen LogP contribution in [0.5, 0.6) is 0 Å². The van der Waals surface area contributed by atoms with Crippen LogP contribution in [0.4, 0.5) is 0 Å². The zero-order valence-corrected chi connectivity index (χ0v) is 12.5. The Morgan fingerprint density at radius 3 is 2.63 bits per heavy atom. The number of pyridine rings is 1. The molecule has 19 heavy (non-hydrogen) atoms. The third-order valence-corrected chi connectivity index (χ3v) is 3.49. The third kappa shape index (κ3) is 3.03. The fourth-order valence-electron chi connectivity index (χ4n) is 1.85. The largest absolute Gasteiger partial charge is 0.318 e. The molecular formula is C12H13Cl3N4. The molecule has 0 radical (unpaired) electrons. The summed E-state index contributed by atoms with van der Waals surface area (Å²) in [5, 5.41) is 5.60. The molecule has 7 heteroatoms. The molecule has 0 spiro atoms. The molecule has 1 atom stereocenters. The van der Waals surface area contributed by atoms with E-state index in [4.69, 9.17) is 40.5 Å². The molecular weight excluding hydrogens is 307 g/mol. The molecule has 0 saturated carbocycles. The maximum Gasteiger partial charge on any atom is 0.0927 e. The summed E-state index contributed by atoms with van der Waals surface area (Å²) < 4.78 is 1.78. The first-order valence-electron chi connectivity index (χ1n) is 5.82. The Morgan fingerprint density at radius 1 is 1.26 bits per heavy atom. The quantitative estimate of drug-likeness (QED) is 0.935. The average molecular weight is 320 g/mol. The van der Waals surface area contributed by atoms with Crippen LogP contribution in [-0.4, -0.2) is 14.8 Å². The highest BCUT2D eigenvalue weighted by atomic mass is 35.5. The van der Waals surface area contributed by atoms with Crippen LogP contribution in [0, 0.1) is 0 Å². The first-order valence-corrected chi connectivity index (χ1v) is 6.95. The molecule has 0 saturated heterocycles. The van der Waals surface area contributed by atoms with E-state index in [1.165, 1.54) is 6.20 Å². The van der Waals surface area contributed by atoms with Crippen LogP contribution in [0.15, 0.2) is 18.5 Å². The van der Waals surface area contributed by atoms with Crippen LogP contribution in [0.1, 0.15) is 30.8 Å². The molecule has 0 aliphatic carbocycles. The van der Waals surface area contributed by atoms with Gasteiger partial charge in [-0.15, -0.1) is 0 Å². The SMILES string of the molecule is CCCn1ncc(Cl)c1C(N)c1ncc(Cl)cc1Cl. The molecule has 4 nitrogen and oxygen atoms in total. The van der Waals surface area contributed by atoms with E-state index in [9.17, 15) is 0 Å². The molecule has 0 aliphatic heterocycles. The summed E-state index contributed by atoms with van der Waals surface area (Å²) in [6.07, 6.45) is 4.02. The number of aryl methyl sites for hydroxylation is 1. The number of hydrogen-bond acceptors (Lipinski definition) is 3. The van der Waals surface area contributed by atoms with E-state index in [1.54, 1.807) is 16.9 Å². The summed E-state index contributed by atoms with van der Waals surface area (Å²) in [5.41, 5.74) is 7.45. The Hall–Kier alpha value is -0.810. The van der Waals surface area contributed by atoms with Gasteiger partial charge in [-0.05, 0) is 12.5 Å². The molecule has 1 unspecified atom stereocenters. The summed E-state index contributed by atoms with van der Waals surface area (Å²) >= 11 is 18.1. The van der Waals surface area contributed by atoms with Crippen LogP contribution in [0.3, 0.4) is 0 Å². The molecule has 102 valence electrons. The number of aromatic nitrogens is 3. The van der Waals surface area contributed by atoms with E-state index in [-0.39, 0.29) is 0 Å². The van der Waals surface area contributed by atoms with E-state index >= 15 is 0 Å². The molecule has 0 bridgehead atoms. The summed E-state index contributed by atoms with van der Waals surface area (Å²) in [6, 6.07) is 1.08. The molecule has 0 fully saturated rings. The van der Waals surface area contributed by atoms with Crippen molar-refractivity contribution in [1.29, 1.82) is 0 Å². The Labute approximate surface area is 126 Å². The monoisotopic (exact) mass is 318 g/mol. The van der Waals surface area contributed by atoms with Crippen molar-refractivity contribution in [2.24, 2.45) is 5.73 Å². The average Bonchev–Trinajstić information content (AvgIpc) is 2.70. The third-order valence-electron chi connectivity index (χ3n) is 2.69. The molecule has 2 heterocycles. The van der Waals surface area contributed by atoms with Crippen LogP contribution in [0.2, 0.25) is 15.1 Å². The molecule has 2 rings (SSSR count). The number of rotatable bonds is 4. The van der Waals surface area contributed by atoms with Crippen molar-refractivity contribution in [2.75, 3.05) is 0 Å². The van der Waals surface area contributed by atoms with Gasteiger partial charge in [-0.3, -0.25) is 9.67 Å². The van der Waals surface area contributed by atoms with E-state index in [2.05, 4.69) is 17.0 Å². The van der Waals surface area contributed by atoms with Gasteiger partial charge in [0.15, 0.2) is 0 Å². The van der Waals surface area contributed by atoms with Crippen molar-refractivity contribution < 1.29 is 0 Å². The van der Waals surface area contributed by atoms with Crippen molar-refractivity contribution >= 4 is 34.8 Å². The number of nitrogens with zero attached hydrogens (tertiary/aromatic N) is 3. The fraction of sp³-hybridized carbons (Fsp3) is 0.333. The molecule has 2 aromatic rings. The highest BCUT2D eigenvalue weighted by Crippen LogP contribution is 2.30. The van der Waals surface area contributed by atoms with E-state index in [0.717, 1.165) is 13.0 Å². The maximum atomic E-state index is 6.21. The lowest BCUT2D eigenvalue weighted by Gasteiger charge is -2.15. The van der Waals surface area contributed by atoms with E-state index < -0.39 is 6.04 Å². The van der Waals surface area contributed by atoms with Gasteiger partial charge in [0.25, 0.3) is 0 Å². The van der Waals surface area contributed by atoms with Gasteiger partial charge in [0.1, 0.15) is 0 Å². The summed E-state index contributed by atoms with van der Waals surface area (Å²) in [4.78, 5) is 4.19. The van der Waals surface area contributed by atoms with Crippen LogP contribution < -0.4 is 5.73 Å². The van der Waals surface area contributed by atoms with Crippen molar-refractivity contribution in [3.63, 3.8) is 0 Å². The van der Waals surface area contributed by atoms with Gasteiger partial charge in [0, 0.05) is 12.7 Å². The fourth-order valence-corrected chi connectivity index (χ4v) is 2.61. The van der Waals surface area contributed by atoms with Crippen molar-refractivity contribution in [3.05, 3.63) is 44.9 Å². The predicted octanol–water partition coefficient (Wildman–Crippen LogP) is 3.70. The van der Waals surface area contributed by atoms with Crippen LogP contribution in [0.25, 0.3) is 0 Å². The van der Waals surface area contributed by atoms with Crippen molar-refractivity contribution in [3.8, 4) is 0 Å². The van der Waals surface area contributed by atoms with Gasteiger partial charge in [-0.2, -0.15) is 5.10 Å². The molecule has 2 N–H and O–H groups in total. The first kappa shape index (κ1) is 14.6. The number of halogens is 3. The lowest BCUT2D eigenvalue weighted by molar-refractivity contribution is 0.557. The summed E-state index contributed by atoms with van der Waals surface area (Å²) in [7, 11) is 0. The zero-order chi connectivity index (χ0) is 14.0.